The highest BCUT2D eigenvalue weighted by atomic mass is 15.0. The SMILES string of the molecule is c1ccc(-n2c3ccc4ccccc4c3c3c4ccccc4c(-c4cc5ccccc5c5ccccc45)cc32)cc1. The van der Waals surface area contributed by atoms with Crippen molar-refractivity contribution in [2.24, 2.45) is 0 Å². The summed E-state index contributed by atoms with van der Waals surface area (Å²) in [7, 11) is 0. The first-order chi connectivity index (χ1) is 20.4. The average molecular weight is 520 g/mol. The number of nitrogens with zero attached hydrogens (tertiary/aromatic N) is 1. The van der Waals surface area contributed by atoms with Gasteiger partial charge in [-0.1, -0.05) is 121 Å². The van der Waals surface area contributed by atoms with Crippen molar-refractivity contribution in [2.75, 3.05) is 0 Å². The van der Waals surface area contributed by atoms with Crippen molar-refractivity contribution in [3.63, 3.8) is 0 Å². The van der Waals surface area contributed by atoms with Crippen LogP contribution < -0.4 is 0 Å². The second-order valence-corrected chi connectivity index (χ2v) is 10.9. The molecule has 190 valence electrons. The highest BCUT2D eigenvalue weighted by Crippen LogP contribution is 2.45. The lowest BCUT2D eigenvalue weighted by molar-refractivity contribution is 1.18. The molecule has 0 aliphatic heterocycles. The quantitative estimate of drug-likeness (QED) is 0.200. The Hall–Kier alpha value is -5.40. The summed E-state index contributed by atoms with van der Waals surface area (Å²) in [5.74, 6) is 0. The molecular formula is C40H25N. The molecule has 1 heteroatoms. The predicted molar refractivity (Wildman–Crippen MR) is 176 cm³/mol. The maximum absolute atomic E-state index is 2.45. The van der Waals surface area contributed by atoms with E-state index in [1.165, 1.54) is 81.7 Å². The van der Waals surface area contributed by atoms with E-state index in [4.69, 9.17) is 0 Å². The Kier molecular flexibility index (Phi) is 4.67. The van der Waals surface area contributed by atoms with Crippen molar-refractivity contribution in [3.8, 4) is 16.8 Å². The number of aromatic nitrogens is 1. The molecule has 8 aromatic carbocycles. The molecule has 1 aromatic heterocycles. The topological polar surface area (TPSA) is 4.93 Å². The second-order valence-electron chi connectivity index (χ2n) is 10.9. The molecular weight excluding hydrogens is 494 g/mol. The fourth-order valence-corrected chi connectivity index (χ4v) is 6.99. The number of hydrogen-bond acceptors (Lipinski definition) is 0. The van der Waals surface area contributed by atoms with Crippen LogP contribution in [0.5, 0.6) is 0 Å². The van der Waals surface area contributed by atoms with Gasteiger partial charge in [-0.3, -0.25) is 0 Å². The molecule has 0 amide bonds. The van der Waals surface area contributed by atoms with E-state index in [1.807, 2.05) is 0 Å². The van der Waals surface area contributed by atoms with Crippen molar-refractivity contribution in [3.05, 3.63) is 152 Å². The van der Waals surface area contributed by atoms with Gasteiger partial charge in [-0.15, -0.1) is 0 Å². The minimum atomic E-state index is 1.17. The average Bonchev–Trinajstić information content (AvgIpc) is 3.39. The zero-order valence-electron chi connectivity index (χ0n) is 22.4. The molecule has 0 saturated heterocycles. The number of hydrogen-bond donors (Lipinski definition) is 0. The highest BCUT2D eigenvalue weighted by molar-refractivity contribution is 6.31. The van der Waals surface area contributed by atoms with Crippen LogP contribution in [0, 0.1) is 0 Å². The molecule has 9 aromatic rings. The van der Waals surface area contributed by atoms with E-state index >= 15 is 0 Å². The van der Waals surface area contributed by atoms with Gasteiger partial charge < -0.3 is 4.57 Å². The highest BCUT2D eigenvalue weighted by Gasteiger charge is 2.20. The molecule has 0 N–H and O–H groups in total. The maximum Gasteiger partial charge on any atom is 0.0553 e. The fraction of sp³-hybridized carbons (Fsp3) is 0. The summed E-state index contributed by atoms with van der Waals surface area (Å²) in [5.41, 5.74) is 6.17. The Morgan fingerprint density at radius 3 is 1.63 bits per heavy atom. The van der Waals surface area contributed by atoms with E-state index in [1.54, 1.807) is 0 Å². The van der Waals surface area contributed by atoms with Crippen LogP contribution in [-0.4, -0.2) is 4.57 Å². The van der Waals surface area contributed by atoms with Gasteiger partial charge in [0.2, 0.25) is 0 Å². The van der Waals surface area contributed by atoms with Gasteiger partial charge in [-0.2, -0.15) is 0 Å². The van der Waals surface area contributed by atoms with Gasteiger partial charge >= 0.3 is 0 Å². The van der Waals surface area contributed by atoms with Crippen molar-refractivity contribution in [1.29, 1.82) is 0 Å². The summed E-state index contributed by atoms with van der Waals surface area (Å²) in [6.07, 6.45) is 0. The van der Waals surface area contributed by atoms with E-state index < -0.39 is 0 Å². The number of fused-ring (bicyclic) bond motifs is 10. The molecule has 0 aliphatic carbocycles. The third-order valence-corrected chi connectivity index (χ3v) is 8.74. The zero-order valence-corrected chi connectivity index (χ0v) is 22.4. The molecule has 0 saturated carbocycles. The number of rotatable bonds is 2. The van der Waals surface area contributed by atoms with E-state index in [2.05, 4.69) is 156 Å². The molecule has 0 radical (unpaired) electrons. The number of para-hydroxylation sites is 1. The Morgan fingerprint density at radius 2 is 0.854 bits per heavy atom. The summed E-state index contributed by atoms with van der Waals surface area (Å²) in [4.78, 5) is 0. The summed E-state index contributed by atoms with van der Waals surface area (Å²) in [6.45, 7) is 0. The largest absolute Gasteiger partial charge is 0.309 e. The van der Waals surface area contributed by atoms with Crippen LogP contribution in [0.3, 0.4) is 0 Å². The Morgan fingerprint density at radius 1 is 0.317 bits per heavy atom. The van der Waals surface area contributed by atoms with Gasteiger partial charge in [0, 0.05) is 16.5 Å². The molecule has 0 aliphatic rings. The summed E-state index contributed by atoms with van der Waals surface area (Å²) in [5, 5.41) is 12.9. The lowest BCUT2D eigenvalue weighted by Gasteiger charge is -2.15. The van der Waals surface area contributed by atoms with Gasteiger partial charge in [0.1, 0.15) is 0 Å². The fourth-order valence-electron chi connectivity index (χ4n) is 6.99. The van der Waals surface area contributed by atoms with Gasteiger partial charge in [0.15, 0.2) is 0 Å². The molecule has 41 heavy (non-hydrogen) atoms. The van der Waals surface area contributed by atoms with E-state index in [-0.39, 0.29) is 0 Å². The minimum absolute atomic E-state index is 1.17. The first kappa shape index (κ1) is 22.4. The second kappa shape index (κ2) is 8.55. The monoisotopic (exact) mass is 519 g/mol. The lowest BCUT2D eigenvalue weighted by Crippen LogP contribution is -1.94. The van der Waals surface area contributed by atoms with Crippen molar-refractivity contribution in [1.82, 2.24) is 4.57 Å². The Labute approximate surface area is 237 Å². The number of benzene rings is 8. The molecule has 1 nitrogen and oxygen atoms in total. The Balaban J connectivity index is 1.54. The summed E-state index contributed by atoms with van der Waals surface area (Å²) >= 11 is 0. The summed E-state index contributed by atoms with van der Waals surface area (Å²) in [6, 6.07) is 55.5. The van der Waals surface area contributed by atoms with Crippen LogP contribution in [-0.2, 0) is 0 Å². The third kappa shape index (κ3) is 3.18. The molecule has 0 fully saturated rings. The molecule has 9 rings (SSSR count). The maximum atomic E-state index is 2.45. The molecule has 1 heterocycles. The van der Waals surface area contributed by atoms with E-state index in [0.29, 0.717) is 0 Å². The predicted octanol–water partition coefficient (Wildman–Crippen LogP) is 11.1. The Bertz CT molecular complexity index is 2460. The minimum Gasteiger partial charge on any atom is -0.309 e. The van der Waals surface area contributed by atoms with Crippen LogP contribution in [0.2, 0.25) is 0 Å². The third-order valence-electron chi connectivity index (χ3n) is 8.74. The smallest absolute Gasteiger partial charge is 0.0553 e. The molecule has 0 spiro atoms. The van der Waals surface area contributed by atoms with Crippen LogP contribution in [0.25, 0.3) is 81.7 Å². The van der Waals surface area contributed by atoms with Crippen LogP contribution in [0.15, 0.2) is 152 Å². The molecule has 0 atom stereocenters. The van der Waals surface area contributed by atoms with Crippen molar-refractivity contribution in [2.45, 2.75) is 0 Å². The van der Waals surface area contributed by atoms with Gasteiger partial charge in [0.25, 0.3) is 0 Å². The normalized spacial score (nSPS) is 11.9. The van der Waals surface area contributed by atoms with Crippen LogP contribution >= 0.6 is 0 Å². The van der Waals surface area contributed by atoms with Crippen LogP contribution in [0.4, 0.5) is 0 Å². The first-order valence-corrected chi connectivity index (χ1v) is 14.2. The van der Waals surface area contributed by atoms with Gasteiger partial charge in [0.05, 0.1) is 11.0 Å². The van der Waals surface area contributed by atoms with E-state index in [0.717, 1.165) is 0 Å². The lowest BCUT2D eigenvalue weighted by atomic mass is 9.89. The van der Waals surface area contributed by atoms with Crippen LogP contribution in [0.1, 0.15) is 0 Å². The first-order valence-electron chi connectivity index (χ1n) is 14.2. The van der Waals surface area contributed by atoms with Gasteiger partial charge in [-0.25, -0.2) is 0 Å². The van der Waals surface area contributed by atoms with Crippen molar-refractivity contribution < 1.29 is 0 Å². The standard InChI is InChI=1S/C40H25N/c1-2-14-28(15-3-1)41-37-23-22-26-12-4-7-17-30(26)39(37)40-34-21-11-10-20-33(34)36(25-38(40)41)35-24-27-13-5-6-16-29(27)31-18-8-9-19-32(31)35/h1-25H. The van der Waals surface area contributed by atoms with E-state index in [9.17, 15) is 0 Å². The summed E-state index contributed by atoms with van der Waals surface area (Å²) < 4.78 is 2.45. The molecule has 0 unspecified atom stereocenters. The van der Waals surface area contributed by atoms with Crippen molar-refractivity contribution >= 4 is 64.9 Å². The van der Waals surface area contributed by atoms with Gasteiger partial charge in [-0.05, 0) is 84.5 Å². The zero-order chi connectivity index (χ0) is 26.9. The molecule has 0 bridgehead atoms.